The van der Waals surface area contributed by atoms with E-state index < -0.39 is 0 Å². The zero-order valence-corrected chi connectivity index (χ0v) is 19.5. The molecule has 2 heterocycles. The number of nitrogens with two attached hydrogens (primary N) is 1. The van der Waals surface area contributed by atoms with E-state index in [1.807, 2.05) is 4.90 Å². The van der Waals surface area contributed by atoms with Crippen LogP contribution in [0.1, 0.15) is 54.7 Å². The van der Waals surface area contributed by atoms with Crippen molar-refractivity contribution in [1.29, 1.82) is 0 Å². The SMILES string of the molecule is CN(C)c1nc(NC2CCC(N(CCc3cccs3)C(N)=O)CC2)nc2c1CCCC2. The summed E-state index contributed by atoms with van der Waals surface area (Å²) in [6.45, 7) is 0.693. The highest BCUT2D eigenvalue weighted by Gasteiger charge is 2.28. The predicted octanol–water partition coefficient (Wildman–Crippen LogP) is 3.83. The topological polar surface area (TPSA) is 87.4 Å². The van der Waals surface area contributed by atoms with Gasteiger partial charge in [0.15, 0.2) is 0 Å². The number of anilines is 2. The van der Waals surface area contributed by atoms with Crippen LogP contribution in [-0.4, -0.2) is 53.6 Å². The molecule has 2 amide bonds. The van der Waals surface area contributed by atoms with E-state index in [-0.39, 0.29) is 12.1 Å². The second-order valence-electron chi connectivity index (χ2n) is 8.91. The van der Waals surface area contributed by atoms with Crippen LogP contribution in [0.15, 0.2) is 17.5 Å². The Morgan fingerprint density at radius 3 is 2.65 bits per heavy atom. The number of carbonyl (C=O) groups excluding carboxylic acids is 1. The smallest absolute Gasteiger partial charge is 0.315 e. The van der Waals surface area contributed by atoms with Gasteiger partial charge in [-0.25, -0.2) is 9.78 Å². The minimum atomic E-state index is -0.304. The molecule has 2 aliphatic carbocycles. The Labute approximate surface area is 189 Å². The lowest BCUT2D eigenvalue weighted by atomic mass is 9.90. The molecule has 0 aliphatic heterocycles. The van der Waals surface area contributed by atoms with Crippen molar-refractivity contribution in [2.24, 2.45) is 5.73 Å². The fraction of sp³-hybridized carbons (Fsp3) is 0.609. The van der Waals surface area contributed by atoms with Crippen molar-refractivity contribution in [2.45, 2.75) is 69.9 Å². The third-order valence-corrected chi connectivity index (χ3v) is 7.45. The van der Waals surface area contributed by atoms with Crippen LogP contribution in [-0.2, 0) is 19.3 Å². The summed E-state index contributed by atoms with van der Waals surface area (Å²) < 4.78 is 0. The predicted molar refractivity (Wildman–Crippen MR) is 127 cm³/mol. The molecule has 1 fully saturated rings. The molecule has 0 saturated heterocycles. The molecule has 168 valence electrons. The Morgan fingerprint density at radius 2 is 1.97 bits per heavy atom. The number of hydrogen-bond acceptors (Lipinski definition) is 6. The molecule has 8 heteroatoms. The van der Waals surface area contributed by atoms with Crippen LogP contribution >= 0.6 is 11.3 Å². The maximum Gasteiger partial charge on any atom is 0.315 e. The number of hydrogen-bond donors (Lipinski definition) is 2. The number of rotatable bonds is 7. The Kier molecular flexibility index (Phi) is 6.95. The van der Waals surface area contributed by atoms with Gasteiger partial charge in [0.2, 0.25) is 5.95 Å². The molecule has 0 unspecified atom stereocenters. The maximum absolute atomic E-state index is 12.1. The molecule has 7 nitrogen and oxygen atoms in total. The van der Waals surface area contributed by atoms with Crippen LogP contribution in [0.2, 0.25) is 0 Å². The number of primary amides is 1. The lowest BCUT2D eigenvalue weighted by Crippen LogP contribution is -2.47. The number of aryl methyl sites for hydroxylation is 1. The molecule has 2 aromatic rings. The van der Waals surface area contributed by atoms with E-state index >= 15 is 0 Å². The number of nitrogens with one attached hydrogen (secondary N) is 1. The molecular weight excluding hydrogens is 408 g/mol. The summed E-state index contributed by atoms with van der Waals surface area (Å²) in [6.07, 6.45) is 9.30. The van der Waals surface area contributed by atoms with E-state index in [1.54, 1.807) is 11.3 Å². The number of urea groups is 1. The summed E-state index contributed by atoms with van der Waals surface area (Å²) in [5, 5.41) is 5.66. The molecule has 31 heavy (non-hydrogen) atoms. The van der Waals surface area contributed by atoms with E-state index in [2.05, 4.69) is 41.8 Å². The first-order chi connectivity index (χ1) is 15.0. The number of amides is 2. The summed E-state index contributed by atoms with van der Waals surface area (Å²) in [7, 11) is 4.11. The van der Waals surface area contributed by atoms with E-state index in [0.717, 1.165) is 56.7 Å². The van der Waals surface area contributed by atoms with Crippen LogP contribution in [0.4, 0.5) is 16.6 Å². The van der Waals surface area contributed by atoms with Gasteiger partial charge >= 0.3 is 6.03 Å². The van der Waals surface area contributed by atoms with Crippen LogP contribution in [0.25, 0.3) is 0 Å². The Balaban J connectivity index is 1.36. The maximum atomic E-state index is 12.1. The summed E-state index contributed by atoms with van der Waals surface area (Å²) in [4.78, 5) is 27.0. The molecule has 0 bridgehead atoms. The van der Waals surface area contributed by atoms with Crippen molar-refractivity contribution in [2.75, 3.05) is 30.9 Å². The van der Waals surface area contributed by atoms with Crippen molar-refractivity contribution in [3.05, 3.63) is 33.6 Å². The van der Waals surface area contributed by atoms with Crippen molar-refractivity contribution < 1.29 is 4.79 Å². The van der Waals surface area contributed by atoms with Gasteiger partial charge < -0.3 is 20.9 Å². The molecule has 4 rings (SSSR count). The fourth-order valence-corrected chi connectivity index (χ4v) is 5.58. The van der Waals surface area contributed by atoms with Crippen molar-refractivity contribution in [1.82, 2.24) is 14.9 Å². The van der Waals surface area contributed by atoms with Crippen molar-refractivity contribution >= 4 is 29.1 Å². The third kappa shape index (κ3) is 5.29. The fourth-order valence-electron chi connectivity index (χ4n) is 4.88. The molecule has 0 aromatic carbocycles. The molecule has 2 aliphatic rings. The minimum Gasteiger partial charge on any atom is -0.362 e. The number of aromatic nitrogens is 2. The highest BCUT2D eigenvalue weighted by atomic mass is 32.1. The Hall–Kier alpha value is -2.35. The highest BCUT2D eigenvalue weighted by Crippen LogP contribution is 2.30. The molecule has 0 radical (unpaired) electrons. The number of carbonyl (C=O) groups is 1. The Bertz CT molecular complexity index is 876. The molecule has 2 aromatic heterocycles. The monoisotopic (exact) mass is 442 g/mol. The van der Waals surface area contributed by atoms with Gasteiger partial charge in [-0.1, -0.05) is 6.07 Å². The van der Waals surface area contributed by atoms with Crippen molar-refractivity contribution in [3.8, 4) is 0 Å². The highest BCUT2D eigenvalue weighted by molar-refractivity contribution is 7.09. The van der Waals surface area contributed by atoms with Gasteiger partial charge in [0, 0.05) is 43.2 Å². The van der Waals surface area contributed by atoms with Crippen LogP contribution in [0.5, 0.6) is 0 Å². The van der Waals surface area contributed by atoms with Crippen molar-refractivity contribution in [3.63, 3.8) is 0 Å². The van der Waals surface area contributed by atoms with E-state index in [0.29, 0.717) is 12.6 Å². The molecule has 0 spiro atoms. The number of nitrogens with zero attached hydrogens (tertiary/aromatic N) is 4. The summed E-state index contributed by atoms with van der Waals surface area (Å²) in [6, 6.07) is 4.42. The van der Waals surface area contributed by atoms with Crippen LogP contribution in [0, 0.1) is 0 Å². The van der Waals surface area contributed by atoms with Gasteiger partial charge in [0.25, 0.3) is 0 Å². The average Bonchev–Trinajstić information content (AvgIpc) is 3.28. The third-order valence-electron chi connectivity index (χ3n) is 6.52. The van der Waals surface area contributed by atoms with Gasteiger partial charge in [0.05, 0.1) is 5.69 Å². The Morgan fingerprint density at radius 1 is 1.19 bits per heavy atom. The molecule has 0 atom stereocenters. The number of fused-ring (bicyclic) bond motifs is 1. The summed E-state index contributed by atoms with van der Waals surface area (Å²) in [5.74, 6) is 1.80. The van der Waals surface area contributed by atoms with E-state index in [4.69, 9.17) is 15.7 Å². The average molecular weight is 443 g/mol. The van der Waals surface area contributed by atoms with Crippen LogP contribution < -0.4 is 16.0 Å². The van der Waals surface area contributed by atoms with Gasteiger partial charge in [-0.3, -0.25) is 0 Å². The van der Waals surface area contributed by atoms with E-state index in [9.17, 15) is 4.79 Å². The molecule has 3 N–H and O–H groups in total. The first-order valence-corrected chi connectivity index (χ1v) is 12.3. The summed E-state index contributed by atoms with van der Waals surface area (Å²) >= 11 is 1.73. The largest absolute Gasteiger partial charge is 0.362 e. The van der Waals surface area contributed by atoms with E-state index in [1.165, 1.54) is 29.0 Å². The zero-order chi connectivity index (χ0) is 21.8. The second kappa shape index (κ2) is 9.85. The van der Waals surface area contributed by atoms with Gasteiger partial charge in [-0.05, 0) is 69.2 Å². The lowest BCUT2D eigenvalue weighted by Gasteiger charge is -2.36. The van der Waals surface area contributed by atoms with Gasteiger partial charge in [-0.2, -0.15) is 4.98 Å². The van der Waals surface area contributed by atoms with Gasteiger partial charge in [0.1, 0.15) is 5.82 Å². The number of thiophene rings is 1. The zero-order valence-electron chi connectivity index (χ0n) is 18.6. The normalized spacial score (nSPS) is 20.7. The van der Waals surface area contributed by atoms with Gasteiger partial charge in [-0.15, -0.1) is 11.3 Å². The minimum absolute atomic E-state index is 0.220. The first kappa shape index (κ1) is 21.9. The molecule has 1 saturated carbocycles. The lowest BCUT2D eigenvalue weighted by molar-refractivity contribution is 0.162. The molecular formula is C23H34N6OS. The first-order valence-electron chi connectivity index (χ1n) is 11.4. The second-order valence-corrected chi connectivity index (χ2v) is 9.94. The summed E-state index contributed by atoms with van der Waals surface area (Å²) in [5.41, 5.74) is 8.24. The van der Waals surface area contributed by atoms with Crippen LogP contribution in [0.3, 0.4) is 0 Å². The standard InChI is InChI=1S/C23H34N6OS/c1-28(2)21-19-7-3-4-8-20(19)26-23(27-21)25-16-9-11-17(12-10-16)29(22(24)30)14-13-18-6-5-15-31-18/h5-6,15-17H,3-4,7-14H2,1-2H3,(H2,24,30)(H,25,26,27). The quantitative estimate of drug-likeness (QED) is 0.680.